The monoisotopic (exact) mass is 466 g/mol. The number of fused-ring (bicyclic) bond motifs is 3. The lowest BCUT2D eigenvalue weighted by atomic mass is 10.1. The molecule has 0 spiro atoms. The number of nitrogens with zero attached hydrogens (tertiary/aromatic N) is 4. The quantitative estimate of drug-likeness (QED) is 0.403. The lowest BCUT2D eigenvalue weighted by Crippen LogP contribution is -2.12. The van der Waals surface area contributed by atoms with Gasteiger partial charge in [0.05, 0.1) is 32.7 Å². The number of aromatic nitrogens is 4. The van der Waals surface area contributed by atoms with E-state index in [9.17, 15) is 16.8 Å². The molecule has 0 aliphatic heterocycles. The van der Waals surface area contributed by atoms with E-state index >= 15 is 0 Å². The Labute approximate surface area is 184 Å². The van der Waals surface area contributed by atoms with E-state index in [1.54, 1.807) is 59.4 Å². The van der Waals surface area contributed by atoms with Crippen LogP contribution in [-0.2, 0) is 19.9 Å². The molecule has 0 saturated carbocycles. The molecule has 3 heterocycles. The van der Waals surface area contributed by atoms with E-state index < -0.39 is 19.9 Å². The smallest absolute Gasteiger partial charge is 0.269 e. The molecule has 10 heteroatoms. The van der Waals surface area contributed by atoms with Gasteiger partial charge in [0, 0.05) is 18.0 Å². The Morgan fingerprint density at radius 3 is 2.09 bits per heavy atom. The van der Waals surface area contributed by atoms with E-state index in [1.807, 2.05) is 6.92 Å². The highest BCUT2D eigenvalue weighted by atomic mass is 32.2. The van der Waals surface area contributed by atoms with Crippen LogP contribution in [0.2, 0.25) is 0 Å². The van der Waals surface area contributed by atoms with Gasteiger partial charge < -0.3 is 0 Å². The van der Waals surface area contributed by atoms with Crippen LogP contribution < -0.4 is 0 Å². The van der Waals surface area contributed by atoms with Gasteiger partial charge in [0.15, 0.2) is 15.5 Å². The van der Waals surface area contributed by atoms with Crippen molar-refractivity contribution < 1.29 is 16.8 Å². The normalized spacial score (nSPS) is 12.6. The molecule has 5 aromatic rings. The maximum Gasteiger partial charge on any atom is 0.269 e. The fourth-order valence-electron chi connectivity index (χ4n) is 3.60. The SMILES string of the molecule is Cc1ccc(S(=O)(=O)n2ccc3c2ncc2c(-c4ccc(S(C)(=O)=O)cc4)ncn23)cc1. The largest absolute Gasteiger partial charge is 0.294 e. The van der Waals surface area contributed by atoms with Crippen LogP contribution in [0.1, 0.15) is 5.56 Å². The zero-order chi connectivity index (χ0) is 22.7. The molecule has 0 bridgehead atoms. The topological polar surface area (TPSA) is 103 Å². The molecule has 0 unspecified atom stereocenters. The molecule has 0 N–H and O–H groups in total. The van der Waals surface area contributed by atoms with Crippen molar-refractivity contribution in [3.05, 3.63) is 78.9 Å². The molecule has 0 aliphatic rings. The molecule has 0 radical (unpaired) electrons. The Morgan fingerprint density at radius 1 is 0.781 bits per heavy atom. The van der Waals surface area contributed by atoms with Crippen LogP contribution in [0.5, 0.6) is 0 Å². The number of aryl methyl sites for hydroxylation is 1. The summed E-state index contributed by atoms with van der Waals surface area (Å²) in [5, 5.41) is 0. The third kappa shape index (κ3) is 3.19. The third-order valence-electron chi connectivity index (χ3n) is 5.31. The zero-order valence-electron chi connectivity index (χ0n) is 17.2. The minimum Gasteiger partial charge on any atom is -0.294 e. The number of hydrogen-bond acceptors (Lipinski definition) is 6. The first-order chi connectivity index (χ1) is 15.2. The maximum atomic E-state index is 13.1. The summed E-state index contributed by atoms with van der Waals surface area (Å²) in [4.78, 5) is 9.29. The Kier molecular flexibility index (Phi) is 4.47. The number of benzene rings is 2. The predicted molar refractivity (Wildman–Crippen MR) is 121 cm³/mol. The number of hydrogen-bond donors (Lipinski definition) is 0. The van der Waals surface area contributed by atoms with Crippen molar-refractivity contribution in [3.63, 3.8) is 0 Å². The minimum absolute atomic E-state index is 0.180. The summed E-state index contributed by atoms with van der Waals surface area (Å²) in [5.41, 5.74) is 3.87. The predicted octanol–water partition coefficient (Wildman–Crippen LogP) is 3.30. The summed E-state index contributed by atoms with van der Waals surface area (Å²) in [5.74, 6) is 0. The van der Waals surface area contributed by atoms with E-state index in [1.165, 1.54) is 18.3 Å². The highest BCUT2D eigenvalue weighted by Gasteiger charge is 2.21. The van der Waals surface area contributed by atoms with Crippen LogP contribution in [0.25, 0.3) is 27.9 Å². The second-order valence-corrected chi connectivity index (χ2v) is 11.4. The van der Waals surface area contributed by atoms with Gasteiger partial charge in [-0.25, -0.2) is 30.8 Å². The lowest BCUT2D eigenvalue weighted by molar-refractivity contribution is 0.588. The molecular formula is C22H18N4O4S2. The molecule has 8 nitrogen and oxygen atoms in total. The standard InChI is InChI=1S/C22H18N4O4S2/c1-15-3-7-18(8-4-15)32(29,30)26-12-11-19-22(26)23-13-20-21(24-14-25(19)20)16-5-9-17(10-6-16)31(2,27)28/h3-14H,1-2H3. The highest BCUT2D eigenvalue weighted by Crippen LogP contribution is 2.28. The molecule has 162 valence electrons. The molecule has 3 aromatic heterocycles. The average molecular weight is 467 g/mol. The van der Waals surface area contributed by atoms with Crippen molar-refractivity contribution in [2.45, 2.75) is 16.7 Å². The van der Waals surface area contributed by atoms with Crippen molar-refractivity contribution in [1.29, 1.82) is 0 Å². The van der Waals surface area contributed by atoms with Crippen molar-refractivity contribution in [2.24, 2.45) is 0 Å². The van der Waals surface area contributed by atoms with Gasteiger partial charge in [-0.15, -0.1) is 0 Å². The van der Waals surface area contributed by atoms with E-state index in [0.717, 1.165) is 21.4 Å². The summed E-state index contributed by atoms with van der Waals surface area (Å²) in [6.45, 7) is 1.89. The fourth-order valence-corrected chi connectivity index (χ4v) is 5.53. The van der Waals surface area contributed by atoms with E-state index in [4.69, 9.17) is 0 Å². The van der Waals surface area contributed by atoms with Crippen LogP contribution in [0.15, 0.2) is 83.1 Å². The first-order valence-electron chi connectivity index (χ1n) is 9.62. The molecule has 32 heavy (non-hydrogen) atoms. The summed E-state index contributed by atoms with van der Waals surface area (Å²) in [7, 11) is -7.10. The number of imidazole rings is 1. The third-order valence-corrected chi connectivity index (χ3v) is 8.12. The zero-order valence-corrected chi connectivity index (χ0v) is 18.8. The van der Waals surface area contributed by atoms with Gasteiger partial charge in [0.1, 0.15) is 6.33 Å². The maximum absolute atomic E-state index is 13.1. The Hall–Kier alpha value is -3.50. The Bertz CT molecular complexity index is 1700. The van der Waals surface area contributed by atoms with Crippen LogP contribution in [0.4, 0.5) is 0 Å². The summed E-state index contributed by atoms with van der Waals surface area (Å²) in [6.07, 6.45) is 5.80. The second-order valence-electron chi connectivity index (χ2n) is 7.54. The van der Waals surface area contributed by atoms with Gasteiger partial charge in [-0.1, -0.05) is 29.8 Å². The molecule has 0 saturated heterocycles. The number of sulfone groups is 1. The van der Waals surface area contributed by atoms with Crippen LogP contribution >= 0.6 is 0 Å². The fraction of sp³-hybridized carbons (Fsp3) is 0.0909. The van der Waals surface area contributed by atoms with Gasteiger partial charge in [0.2, 0.25) is 0 Å². The van der Waals surface area contributed by atoms with E-state index in [0.29, 0.717) is 16.7 Å². The first kappa shape index (κ1) is 20.4. The molecular weight excluding hydrogens is 448 g/mol. The van der Waals surface area contributed by atoms with Crippen molar-refractivity contribution in [3.8, 4) is 11.3 Å². The lowest BCUT2D eigenvalue weighted by Gasteiger charge is -2.08. The van der Waals surface area contributed by atoms with Gasteiger partial charge in [-0.3, -0.25) is 4.40 Å². The van der Waals surface area contributed by atoms with Crippen molar-refractivity contribution in [2.75, 3.05) is 6.26 Å². The summed E-state index contributed by atoms with van der Waals surface area (Å²) >= 11 is 0. The van der Waals surface area contributed by atoms with Crippen molar-refractivity contribution >= 4 is 36.5 Å². The van der Waals surface area contributed by atoms with Gasteiger partial charge >= 0.3 is 0 Å². The van der Waals surface area contributed by atoms with E-state index in [-0.39, 0.29) is 15.4 Å². The van der Waals surface area contributed by atoms with Crippen molar-refractivity contribution in [1.82, 2.24) is 18.3 Å². The van der Waals surface area contributed by atoms with E-state index in [2.05, 4.69) is 9.97 Å². The molecule has 5 rings (SSSR count). The summed E-state index contributed by atoms with van der Waals surface area (Å²) in [6, 6.07) is 14.8. The second kappa shape index (κ2) is 7.01. The Balaban J connectivity index is 1.63. The van der Waals surface area contributed by atoms with Gasteiger partial charge in [-0.05, 0) is 37.3 Å². The van der Waals surface area contributed by atoms with Crippen LogP contribution in [-0.4, -0.2) is 41.4 Å². The highest BCUT2D eigenvalue weighted by molar-refractivity contribution is 7.90. The number of rotatable bonds is 4. The van der Waals surface area contributed by atoms with Crippen LogP contribution in [0, 0.1) is 6.92 Å². The molecule has 0 amide bonds. The molecule has 0 fully saturated rings. The first-order valence-corrected chi connectivity index (χ1v) is 13.0. The minimum atomic E-state index is -3.81. The molecule has 2 aromatic carbocycles. The average Bonchev–Trinajstić information content (AvgIpc) is 3.38. The Morgan fingerprint density at radius 2 is 1.44 bits per heavy atom. The summed E-state index contributed by atoms with van der Waals surface area (Å²) < 4.78 is 52.6. The van der Waals surface area contributed by atoms with Crippen LogP contribution in [0.3, 0.4) is 0 Å². The van der Waals surface area contributed by atoms with Gasteiger partial charge in [-0.2, -0.15) is 0 Å². The molecule has 0 atom stereocenters. The molecule has 0 aliphatic carbocycles. The van der Waals surface area contributed by atoms with Gasteiger partial charge in [0.25, 0.3) is 10.0 Å².